The van der Waals surface area contributed by atoms with E-state index in [2.05, 4.69) is 9.80 Å². The maximum absolute atomic E-state index is 12.5. The number of hydrogen-bond acceptors (Lipinski definition) is 5. The SMILES string of the molecule is COC(=O)C(c1ccccc1Cl)N1CCN(CC(=O)N2CCCCC2)CC1. The first-order chi connectivity index (χ1) is 13.1. The summed E-state index contributed by atoms with van der Waals surface area (Å²) in [5.74, 6) is -0.0836. The summed E-state index contributed by atoms with van der Waals surface area (Å²) < 4.78 is 5.03. The molecule has 2 saturated heterocycles. The van der Waals surface area contributed by atoms with Crippen molar-refractivity contribution in [1.82, 2.24) is 14.7 Å². The van der Waals surface area contributed by atoms with Gasteiger partial charge in [0, 0.05) is 44.3 Å². The van der Waals surface area contributed by atoms with Gasteiger partial charge in [0.2, 0.25) is 5.91 Å². The van der Waals surface area contributed by atoms with Crippen LogP contribution in [0.25, 0.3) is 0 Å². The second kappa shape index (κ2) is 9.53. The Kier molecular flexibility index (Phi) is 7.10. The van der Waals surface area contributed by atoms with Crippen LogP contribution < -0.4 is 0 Å². The highest BCUT2D eigenvalue weighted by Gasteiger charge is 2.33. The van der Waals surface area contributed by atoms with Gasteiger partial charge in [-0.1, -0.05) is 29.8 Å². The average Bonchev–Trinajstić information content (AvgIpc) is 2.71. The Bertz CT molecular complexity index is 656. The average molecular weight is 394 g/mol. The zero-order valence-electron chi connectivity index (χ0n) is 15.9. The summed E-state index contributed by atoms with van der Waals surface area (Å²) in [4.78, 5) is 31.2. The molecule has 2 aliphatic rings. The highest BCUT2D eigenvalue weighted by Crippen LogP contribution is 2.29. The molecule has 0 spiro atoms. The zero-order valence-corrected chi connectivity index (χ0v) is 16.7. The summed E-state index contributed by atoms with van der Waals surface area (Å²) in [6.07, 6.45) is 3.44. The molecule has 6 nitrogen and oxygen atoms in total. The van der Waals surface area contributed by atoms with Gasteiger partial charge in [-0.2, -0.15) is 0 Å². The van der Waals surface area contributed by atoms with E-state index in [9.17, 15) is 9.59 Å². The first-order valence-corrected chi connectivity index (χ1v) is 10.0. The maximum Gasteiger partial charge on any atom is 0.327 e. The summed E-state index contributed by atoms with van der Waals surface area (Å²) in [6.45, 7) is 5.11. The fourth-order valence-corrected chi connectivity index (χ4v) is 4.13. The van der Waals surface area contributed by atoms with Gasteiger partial charge in [0.15, 0.2) is 0 Å². The lowest BCUT2D eigenvalue weighted by Crippen LogP contribution is -2.52. The van der Waals surface area contributed by atoms with Gasteiger partial charge in [0.05, 0.1) is 13.7 Å². The predicted molar refractivity (Wildman–Crippen MR) is 105 cm³/mol. The van der Waals surface area contributed by atoms with Gasteiger partial charge in [-0.15, -0.1) is 0 Å². The van der Waals surface area contributed by atoms with Crippen molar-refractivity contribution in [2.75, 3.05) is 52.9 Å². The van der Waals surface area contributed by atoms with E-state index in [1.165, 1.54) is 13.5 Å². The number of carbonyl (C=O) groups is 2. The highest BCUT2D eigenvalue weighted by atomic mass is 35.5. The number of hydrogen-bond donors (Lipinski definition) is 0. The summed E-state index contributed by atoms with van der Waals surface area (Å²) in [7, 11) is 1.40. The molecule has 0 aromatic heterocycles. The number of esters is 1. The van der Waals surface area contributed by atoms with E-state index < -0.39 is 6.04 Å². The number of carbonyl (C=O) groups excluding carboxylic acids is 2. The molecular formula is C20H28ClN3O3. The van der Waals surface area contributed by atoms with Crippen LogP contribution in [-0.4, -0.2) is 79.5 Å². The van der Waals surface area contributed by atoms with Gasteiger partial charge >= 0.3 is 5.97 Å². The lowest BCUT2D eigenvalue weighted by atomic mass is 10.0. The Morgan fingerprint density at radius 1 is 1.04 bits per heavy atom. The van der Waals surface area contributed by atoms with E-state index in [0.29, 0.717) is 24.7 Å². The first-order valence-electron chi connectivity index (χ1n) is 9.66. The third-order valence-electron chi connectivity index (χ3n) is 5.46. The van der Waals surface area contributed by atoms with Crippen molar-refractivity contribution in [3.8, 4) is 0 Å². The number of piperidine rings is 1. The topological polar surface area (TPSA) is 53.1 Å². The molecule has 1 aromatic rings. The highest BCUT2D eigenvalue weighted by molar-refractivity contribution is 6.31. The fourth-order valence-electron chi connectivity index (χ4n) is 3.90. The third kappa shape index (κ3) is 5.00. The number of nitrogens with zero attached hydrogens (tertiary/aromatic N) is 3. The predicted octanol–water partition coefficient (Wildman–Crippen LogP) is 2.18. The number of likely N-dealkylation sites (tertiary alicyclic amines) is 1. The van der Waals surface area contributed by atoms with Crippen LogP contribution in [0.4, 0.5) is 0 Å². The van der Waals surface area contributed by atoms with Crippen LogP contribution in [0.1, 0.15) is 30.9 Å². The molecule has 7 heteroatoms. The summed E-state index contributed by atoms with van der Waals surface area (Å²) in [5.41, 5.74) is 0.767. The summed E-state index contributed by atoms with van der Waals surface area (Å²) in [6, 6.07) is 6.88. The molecule has 2 aliphatic heterocycles. The van der Waals surface area contributed by atoms with Crippen molar-refractivity contribution in [2.24, 2.45) is 0 Å². The Morgan fingerprint density at radius 3 is 2.33 bits per heavy atom. The van der Waals surface area contributed by atoms with Crippen LogP contribution >= 0.6 is 11.6 Å². The molecule has 1 unspecified atom stereocenters. The molecule has 1 atom stereocenters. The van der Waals surface area contributed by atoms with E-state index in [4.69, 9.17) is 16.3 Å². The van der Waals surface area contributed by atoms with Gasteiger partial charge in [-0.3, -0.25) is 14.6 Å². The van der Waals surface area contributed by atoms with E-state index in [-0.39, 0.29) is 11.9 Å². The molecule has 3 rings (SSSR count). The minimum atomic E-state index is -0.511. The number of methoxy groups -OCH3 is 1. The monoisotopic (exact) mass is 393 g/mol. The summed E-state index contributed by atoms with van der Waals surface area (Å²) >= 11 is 6.33. The second-order valence-corrected chi connectivity index (χ2v) is 7.61. The molecule has 0 saturated carbocycles. The van der Waals surface area contributed by atoms with Crippen LogP contribution in [0.15, 0.2) is 24.3 Å². The van der Waals surface area contributed by atoms with Crippen molar-refractivity contribution in [1.29, 1.82) is 0 Å². The molecule has 1 aromatic carbocycles. The van der Waals surface area contributed by atoms with E-state index in [1.807, 2.05) is 23.1 Å². The maximum atomic E-state index is 12.5. The number of piperazine rings is 1. The number of halogens is 1. The van der Waals surface area contributed by atoms with Gasteiger partial charge in [0.1, 0.15) is 6.04 Å². The van der Waals surface area contributed by atoms with Crippen LogP contribution in [0.5, 0.6) is 0 Å². The summed E-state index contributed by atoms with van der Waals surface area (Å²) in [5, 5.41) is 0.565. The van der Waals surface area contributed by atoms with Gasteiger partial charge in [0.25, 0.3) is 0 Å². The van der Waals surface area contributed by atoms with Crippen molar-refractivity contribution >= 4 is 23.5 Å². The van der Waals surface area contributed by atoms with Crippen LogP contribution in [-0.2, 0) is 14.3 Å². The molecule has 0 radical (unpaired) electrons. The second-order valence-electron chi connectivity index (χ2n) is 7.20. The first kappa shape index (κ1) is 20.1. The molecule has 0 N–H and O–H groups in total. The van der Waals surface area contributed by atoms with Gasteiger partial charge in [-0.05, 0) is 30.9 Å². The molecule has 1 amide bonds. The standard InChI is InChI=1S/C20H28ClN3O3/c1-27-20(26)19(16-7-3-4-8-17(16)21)24-13-11-22(12-14-24)15-18(25)23-9-5-2-6-10-23/h3-4,7-8,19H,2,5-6,9-15H2,1H3. The van der Waals surface area contributed by atoms with Crippen LogP contribution in [0.2, 0.25) is 5.02 Å². The van der Waals surface area contributed by atoms with Gasteiger partial charge in [-0.25, -0.2) is 4.79 Å². The van der Waals surface area contributed by atoms with Crippen molar-refractivity contribution in [3.63, 3.8) is 0 Å². The molecule has 148 valence electrons. The van der Waals surface area contributed by atoms with Crippen molar-refractivity contribution in [3.05, 3.63) is 34.9 Å². The van der Waals surface area contributed by atoms with E-state index in [1.54, 1.807) is 6.07 Å². The molecule has 27 heavy (non-hydrogen) atoms. The van der Waals surface area contributed by atoms with Crippen LogP contribution in [0.3, 0.4) is 0 Å². The molecule has 2 fully saturated rings. The fraction of sp³-hybridized carbons (Fsp3) is 0.600. The van der Waals surface area contributed by atoms with Crippen LogP contribution in [0, 0.1) is 0 Å². The third-order valence-corrected chi connectivity index (χ3v) is 5.81. The molecule has 2 heterocycles. The zero-order chi connectivity index (χ0) is 19.2. The number of amides is 1. The quantitative estimate of drug-likeness (QED) is 0.718. The lowest BCUT2D eigenvalue weighted by Gasteiger charge is -2.39. The Morgan fingerprint density at radius 2 is 1.70 bits per heavy atom. The Hall–Kier alpha value is -1.63. The van der Waals surface area contributed by atoms with E-state index >= 15 is 0 Å². The molecule has 0 aliphatic carbocycles. The molecule has 0 bridgehead atoms. The van der Waals surface area contributed by atoms with E-state index in [0.717, 1.165) is 44.6 Å². The normalized spacial score (nSPS) is 20.3. The minimum Gasteiger partial charge on any atom is -0.468 e. The number of rotatable bonds is 5. The van der Waals surface area contributed by atoms with Gasteiger partial charge < -0.3 is 9.64 Å². The molecular weight excluding hydrogens is 366 g/mol. The number of ether oxygens (including phenoxy) is 1. The Labute approximate surface area is 166 Å². The smallest absolute Gasteiger partial charge is 0.327 e. The minimum absolute atomic E-state index is 0.221. The lowest BCUT2D eigenvalue weighted by molar-refractivity contribution is -0.148. The van der Waals surface area contributed by atoms with Crippen molar-refractivity contribution < 1.29 is 14.3 Å². The van der Waals surface area contributed by atoms with Crippen molar-refractivity contribution in [2.45, 2.75) is 25.3 Å². The Balaban J connectivity index is 1.60. The largest absolute Gasteiger partial charge is 0.468 e. The number of benzene rings is 1.